The normalized spacial score (nSPS) is 11.7. The van der Waals surface area contributed by atoms with Crippen LogP contribution in [0.1, 0.15) is 42.5 Å². The molecule has 0 spiro atoms. The zero-order valence-electron chi connectivity index (χ0n) is 12.5. The number of hydrogen-bond acceptors (Lipinski definition) is 4. The number of hydrogen-bond donors (Lipinski definition) is 3. The minimum atomic E-state index is -1.01. The number of carbonyl (C=O) groups is 3. The summed E-state index contributed by atoms with van der Waals surface area (Å²) in [5.74, 6) is -1.24. The molecule has 6 heteroatoms. The number of carbonyl (C=O) groups excluding carboxylic acids is 2. The molecule has 120 valence electrons. The average molecular weight is 306 g/mol. The quantitative estimate of drug-likeness (QED) is 0.446. The molecule has 22 heavy (non-hydrogen) atoms. The topological polar surface area (TPSA) is 109 Å². The van der Waals surface area contributed by atoms with Gasteiger partial charge >= 0.3 is 5.97 Å². The summed E-state index contributed by atoms with van der Waals surface area (Å²) in [7, 11) is 0. The van der Waals surface area contributed by atoms with E-state index in [1.807, 2.05) is 6.07 Å². The maximum absolute atomic E-state index is 11.8. The number of ketones is 1. The molecule has 1 atom stereocenters. The third-order valence-electron chi connectivity index (χ3n) is 3.26. The van der Waals surface area contributed by atoms with Crippen LogP contribution in [0.25, 0.3) is 0 Å². The highest BCUT2D eigenvalue weighted by molar-refractivity contribution is 5.97. The third-order valence-corrected chi connectivity index (χ3v) is 3.26. The number of amides is 1. The highest BCUT2D eigenvalue weighted by Crippen LogP contribution is 2.05. The Hall–Kier alpha value is -2.21. The second kappa shape index (κ2) is 9.68. The molecule has 0 radical (unpaired) electrons. The first-order chi connectivity index (χ1) is 10.5. The maximum atomic E-state index is 11.8. The Labute approximate surface area is 129 Å². The first-order valence-electron chi connectivity index (χ1n) is 7.34. The van der Waals surface area contributed by atoms with E-state index in [4.69, 9.17) is 10.8 Å². The van der Waals surface area contributed by atoms with E-state index in [1.54, 1.807) is 24.3 Å². The molecule has 6 nitrogen and oxygen atoms in total. The van der Waals surface area contributed by atoms with E-state index in [9.17, 15) is 14.4 Å². The van der Waals surface area contributed by atoms with Gasteiger partial charge in [-0.2, -0.15) is 0 Å². The van der Waals surface area contributed by atoms with Crippen molar-refractivity contribution in [1.29, 1.82) is 0 Å². The molecule has 0 heterocycles. The molecule has 0 fully saturated rings. The van der Waals surface area contributed by atoms with E-state index in [2.05, 4.69) is 5.32 Å². The Bertz CT molecular complexity index is 502. The molecule has 0 unspecified atom stereocenters. The lowest BCUT2D eigenvalue weighted by Crippen LogP contribution is -2.30. The van der Waals surface area contributed by atoms with Gasteiger partial charge in [0.25, 0.3) is 0 Å². The Morgan fingerprint density at radius 3 is 2.41 bits per heavy atom. The molecule has 1 aromatic rings. The fourth-order valence-electron chi connectivity index (χ4n) is 1.92. The molecule has 0 saturated heterocycles. The van der Waals surface area contributed by atoms with Gasteiger partial charge in [-0.15, -0.1) is 0 Å². The van der Waals surface area contributed by atoms with Crippen molar-refractivity contribution in [2.24, 2.45) is 5.73 Å². The lowest BCUT2D eigenvalue weighted by Gasteiger charge is -2.07. The average Bonchev–Trinajstić information content (AvgIpc) is 2.52. The zero-order chi connectivity index (χ0) is 16.4. The largest absolute Gasteiger partial charge is 0.480 e. The minimum Gasteiger partial charge on any atom is -0.480 e. The van der Waals surface area contributed by atoms with Crippen molar-refractivity contribution in [2.45, 2.75) is 38.1 Å². The predicted octanol–water partition coefficient (Wildman–Crippen LogP) is 1.35. The third kappa shape index (κ3) is 6.99. The number of carboxylic acids is 1. The first-order valence-corrected chi connectivity index (χ1v) is 7.34. The number of benzene rings is 1. The fourth-order valence-corrected chi connectivity index (χ4v) is 1.92. The van der Waals surface area contributed by atoms with Gasteiger partial charge in [0.1, 0.15) is 6.04 Å². The molecular weight excluding hydrogens is 284 g/mol. The Balaban J connectivity index is 2.11. The van der Waals surface area contributed by atoms with Crippen LogP contribution >= 0.6 is 0 Å². The van der Waals surface area contributed by atoms with E-state index >= 15 is 0 Å². The van der Waals surface area contributed by atoms with E-state index in [-0.39, 0.29) is 24.5 Å². The monoisotopic (exact) mass is 306 g/mol. The predicted molar refractivity (Wildman–Crippen MR) is 82.5 cm³/mol. The van der Waals surface area contributed by atoms with Gasteiger partial charge in [-0.3, -0.25) is 14.4 Å². The van der Waals surface area contributed by atoms with Crippen molar-refractivity contribution < 1.29 is 19.5 Å². The summed E-state index contributed by atoms with van der Waals surface area (Å²) in [5.41, 5.74) is 5.98. The number of rotatable bonds is 10. The van der Waals surface area contributed by atoms with Crippen LogP contribution in [0.5, 0.6) is 0 Å². The summed E-state index contributed by atoms with van der Waals surface area (Å²) < 4.78 is 0. The number of nitrogens with two attached hydrogens (primary N) is 1. The number of nitrogens with one attached hydrogen (secondary N) is 1. The minimum absolute atomic E-state index is 0.0526. The van der Waals surface area contributed by atoms with Crippen LogP contribution in [0.15, 0.2) is 30.3 Å². The van der Waals surface area contributed by atoms with Gasteiger partial charge < -0.3 is 16.2 Å². The molecule has 0 aliphatic heterocycles. The molecule has 0 saturated carbocycles. The summed E-state index contributed by atoms with van der Waals surface area (Å²) in [6.45, 7) is 0.463. The van der Waals surface area contributed by atoms with Gasteiger partial charge in [0.15, 0.2) is 5.78 Å². The molecule has 0 aliphatic rings. The van der Waals surface area contributed by atoms with Crippen LogP contribution in [0, 0.1) is 0 Å². The van der Waals surface area contributed by atoms with Gasteiger partial charge in [0.2, 0.25) is 5.91 Å². The van der Waals surface area contributed by atoms with E-state index in [0.29, 0.717) is 31.4 Å². The first kappa shape index (κ1) is 17.8. The van der Waals surface area contributed by atoms with E-state index in [0.717, 1.165) is 0 Å². The molecule has 1 aromatic carbocycles. The van der Waals surface area contributed by atoms with Gasteiger partial charge in [-0.1, -0.05) is 30.3 Å². The van der Waals surface area contributed by atoms with Crippen LogP contribution in [0.4, 0.5) is 0 Å². The van der Waals surface area contributed by atoms with Crippen molar-refractivity contribution in [2.75, 3.05) is 6.54 Å². The molecule has 4 N–H and O–H groups in total. The van der Waals surface area contributed by atoms with Crippen molar-refractivity contribution in [3.8, 4) is 0 Å². The zero-order valence-corrected chi connectivity index (χ0v) is 12.5. The Morgan fingerprint density at radius 1 is 1.09 bits per heavy atom. The maximum Gasteiger partial charge on any atom is 0.320 e. The molecular formula is C16H22N2O4. The number of carboxylic acid groups (broad SMARTS) is 1. The summed E-state index contributed by atoms with van der Waals surface area (Å²) in [5, 5.41) is 11.3. The lowest BCUT2D eigenvalue weighted by atomic mass is 10.1. The van der Waals surface area contributed by atoms with Crippen LogP contribution < -0.4 is 11.1 Å². The number of Topliss-reactive ketones (excluding diaryl/α,β-unsaturated/α-hetero) is 1. The van der Waals surface area contributed by atoms with Crippen LogP contribution in [0.3, 0.4) is 0 Å². The standard InChI is InChI=1S/C16H22N2O4/c17-13(16(21)22)8-4-5-11-18-15(20)10-9-14(19)12-6-2-1-3-7-12/h1-3,6-7,13H,4-5,8-11,17H2,(H,18,20)(H,21,22)/t13-/m0/s1. The van der Waals surface area contributed by atoms with Gasteiger partial charge in [0, 0.05) is 24.9 Å². The molecule has 0 aromatic heterocycles. The SMILES string of the molecule is N[C@@H](CCCCNC(=O)CCC(=O)c1ccccc1)C(=O)O. The molecule has 1 rings (SSSR count). The number of unbranched alkanes of at least 4 members (excludes halogenated alkanes) is 1. The second-order valence-electron chi connectivity index (χ2n) is 5.08. The molecule has 0 bridgehead atoms. The number of aliphatic carboxylic acids is 1. The van der Waals surface area contributed by atoms with Crippen molar-refractivity contribution in [3.05, 3.63) is 35.9 Å². The van der Waals surface area contributed by atoms with E-state index < -0.39 is 12.0 Å². The second-order valence-corrected chi connectivity index (χ2v) is 5.08. The smallest absolute Gasteiger partial charge is 0.320 e. The highest BCUT2D eigenvalue weighted by Gasteiger charge is 2.11. The molecule has 1 amide bonds. The molecule has 0 aliphatic carbocycles. The van der Waals surface area contributed by atoms with Crippen molar-refractivity contribution >= 4 is 17.7 Å². The van der Waals surface area contributed by atoms with Crippen LogP contribution in [0.2, 0.25) is 0 Å². The summed E-state index contributed by atoms with van der Waals surface area (Å²) in [6, 6.07) is 8.02. The summed E-state index contributed by atoms with van der Waals surface area (Å²) in [6.07, 6.45) is 2.02. The van der Waals surface area contributed by atoms with Gasteiger partial charge in [0.05, 0.1) is 0 Å². The fraction of sp³-hybridized carbons (Fsp3) is 0.438. The van der Waals surface area contributed by atoms with Gasteiger partial charge in [-0.05, 0) is 19.3 Å². The van der Waals surface area contributed by atoms with Crippen LogP contribution in [-0.2, 0) is 9.59 Å². The lowest BCUT2D eigenvalue weighted by molar-refractivity contribution is -0.138. The summed E-state index contributed by atoms with van der Waals surface area (Å²) in [4.78, 5) is 33.9. The Kier molecular flexibility index (Phi) is 7.85. The van der Waals surface area contributed by atoms with Crippen molar-refractivity contribution in [3.63, 3.8) is 0 Å². The van der Waals surface area contributed by atoms with Gasteiger partial charge in [-0.25, -0.2) is 0 Å². The van der Waals surface area contributed by atoms with Crippen LogP contribution in [-0.4, -0.2) is 35.4 Å². The summed E-state index contributed by atoms with van der Waals surface area (Å²) >= 11 is 0. The Morgan fingerprint density at radius 2 is 1.77 bits per heavy atom. The van der Waals surface area contributed by atoms with E-state index in [1.165, 1.54) is 0 Å². The van der Waals surface area contributed by atoms with Crippen molar-refractivity contribution in [1.82, 2.24) is 5.32 Å². The highest BCUT2D eigenvalue weighted by atomic mass is 16.4.